The van der Waals surface area contributed by atoms with Crippen LogP contribution in [0.15, 0.2) is 42.7 Å². The zero-order chi connectivity index (χ0) is 21.1. The molecule has 0 atom stereocenters. The molecule has 0 aliphatic carbocycles. The van der Waals surface area contributed by atoms with E-state index in [2.05, 4.69) is 30.6 Å². The first-order chi connectivity index (χ1) is 14.5. The number of anilines is 2. The fourth-order valence-corrected chi connectivity index (χ4v) is 3.72. The highest BCUT2D eigenvalue weighted by Gasteiger charge is 2.13. The van der Waals surface area contributed by atoms with Gasteiger partial charge in [-0.05, 0) is 56.0 Å². The third-order valence-corrected chi connectivity index (χ3v) is 5.15. The number of hydrogen-bond donors (Lipinski definition) is 3. The van der Waals surface area contributed by atoms with Crippen LogP contribution in [0.25, 0.3) is 10.9 Å². The second-order valence-corrected chi connectivity index (χ2v) is 7.42. The highest BCUT2D eigenvalue weighted by atomic mass is 19.1. The highest BCUT2D eigenvalue weighted by molar-refractivity contribution is 5.88. The summed E-state index contributed by atoms with van der Waals surface area (Å²) in [7, 11) is 0. The van der Waals surface area contributed by atoms with Crippen LogP contribution < -0.4 is 10.6 Å². The number of aromatic amines is 1. The van der Waals surface area contributed by atoms with Gasteiger partial charge < -0.3 is 15.6 Å². The van der Waals surface area contributed by atoms with Crippen LogP contribution in [0.2, 0.25) is 0 Å². The molecule has 3 heterocycles. The molecular formula is C23H25FN6. The molecule has 4 rings (SSSR count). The molecule has 3 aromatic heterocycles. The van der Waals surface area contributed by atoms with Crippen LogP contribution >= 0.6 is 0 Å². The Morgan fingerprint density at radius 1 is 1.03 bits per heavy atom. The molecule has 0 aliphatic heterocycles. The molecule has 0 fully saturated rings. The van der Waals surface area contributed by atoms with Gasteiger partial charge in [0.15, 0.2) is 0 Å². The van der Waals surface area contributed by atoms with E-state index in [9.17, 15) is 4.39 Å². The number of benzene rings is 1. The van der Waals surface area contributed by atoms with Gasteiger partial charge in [0.25, 0.3) is 0 Å². The molecule has 0 spiro atoms. The number of fused-ring (bicyclic) bond motifs is 1. The van der Waals surface area contributed by atoms with Crippen molar-refractivity contribution in [2.24, 2.45) is 0 Å². The van der Waals surface area contributed by atoms with Crippen LogP contribution in [0.3, 0.4) is 0 Å². The number of nitrogens with zero attached hydrogens (tertiary/aromatic N) is 3. The largest absolute Gasteiger partial charge is 0.370 e. The molecule has 7 heteroatoms. The van der Waals surface area contributed by atoms with Gasteiger partial charge in [-0.3, -0.25) is 4.98 Å². The van der Waals surface area contributed by atoms with Crippen molar-refractivity contribution in [1.29, 1.82) is 0 Å². The van der Waals surface area contributed by atoms with Crippen molar-refractivity contribution in [3.63, 3.8) is 0 Å². The third-order valence-electron chi connectivity index (χ3n) is 5.15. The van der Waals surface area contributed by atoms with E-state index in [0.717, 1.165) is 45.8 Å². The number of aryl methyl sites for hydroxylation is 3. The van der Waals surface area contributed by atoms with E-state index >= 15 is 0 Å². The Bertz CT molecular complexity index is 1170. The molecule has 0 saturated carbocycles. The number of hydrogen-bond acceptors (Lipinski definition) is 5. The van der Waals surface area contributed by atoms with Gasteiger partial charge >= 0.3 is 0 Å². The minimum absolute atomic E-state index is 0.214. The Labute approximate surface area is 175 Å². The number of pyridine rings is 1. The van der Waals surface area contributed by atoms with Crippen LogP contribution in [-0.2, 0) is 13.0 Å². The standard InChI is InChI=1S/C23H25FN6/c1-14-6-7-19(24)23-22(14)18(15(2)28-23)8-10-26-20-11-21(30-16(3)29-20)27-13-17-5-4-9-25-12-17/h4-7,9,11-12,28H,8,10,13H2,1-3H3,(H2,26,27,29,30). The zero-order valence-electron chi connectivity index (χ0n) is 17.4. The van der Waals surface area contributed by atoms with Gasteiger partial charge in [0.05, 0.1) is 5.52 Å². The van der Waals surface area contributed by atoms with Gasteiger partial charge in [-0.15, -0.1) is 0 Å². The van der Waals surface area contributed by atoms with Gasteiger partial charge in [0, 0.05) is 42.6 Å². The van der Waals surface area contributed by atoms with Gasteiger partial charge in [-0.1, -0.05) is 12.1 Å². The summed E-state index contributed by atoms with van der Waals surface area (Å²) in [5.74, 6) is 2.00. The topological polar surface area (TPSA) is 78.5 Å². The Morgan fingerprint density at radius 2 is 1.83 bits per heavy atom. The molecular weight excluding hydrogens is 379 g/mol. The maximum absolute atomic E-state index is 14.2. The summed E-state index contributed by atoms with van der Waals surface area (Å²) in [6, 6.07) is 9.17. The van der Waals surface area contributed by atoms with Gasteiger partial charge in [-0.25, -0.2) is 14.4 Å². The first-order valence-electron chi connectivity index (χ1n) is 10.00. The normalized spacial score (nSPS) is 11.1. The van der Waals surface area contributed by atoms with E-state index < -0.39 is 0 Å². The highest BCUT2D eigenvalue weighted by Crippen LogP contribution is 2.28. The minimum atomic E-state index is -0.214. The van der Waals surface area contributed by atoms with Crippen molar-refractivity contribution in [2.75, 3.05) is 17.2 Å². The monoisotopic (exact) mass is 404 g/mol. The molecule has 0 radical (unpaired) electrons. The second-order valence-electron chi connectivity index (χ2n) is 7.42. The quantitative estimate of drug-likeness (QED) is 0.417. The number of halogens is 1. The minimum Gasteiger partial charge on any atom is -0.370 e. The SMILES string of the molecule is Cc1nc(NCCc2c(C)[nH]c3c(F)ccc(C)c23)cc(NCc2cccnc2)n1. The van der Waals surface area contributed by atoms with E-state index in [0.29, 0.717) is 24.4 Å². The van der Waals surface area contributed by atoms with E-state index in [4.69, 9.17) is 0 Å². The van der Waals surface area contributed by atoms with Crippen molar-refractivity contribution in [2.45, 2.75) is 33.7 Å². The van der Waals surface area contributed by atoms with Crippen LogP contribution in [0, 0.1) is 26.6 Å². The molecule has 30 heavy (non-hydrogen) atoms. The number of H-pyrrole nitrogens is 1. The van der Waals surface area contributed by atoms with E-state index in [1.54, 1.807) is 6.20 Å². The average molecular weight is 404 g/mol. The molecule has 0 amide bonds. The molecule has 3 N–H and O–H groups in total. The molecule has 0 aliphatic rings. The number of nitrogens with one attached hydrogen (secondary N) is 3. The summed E-state index contributed by atoms with van der Waals surface area (Å²) in [5.41, 5.74) is 4.88. The summed E-state index contributed by atoms with van der Waals surface area (Å²) in [4.78, 5) is 16.3. The van der Waals surface area contributed by atoms with Gasteiger partial charge in [0.2, 0.25) is 0 Å². The van der Waals surface area contributed by atoms with Crippen molar-refractivity contribution in [3.05, 3.63) is 76.8 Å². The van der Waals surface area contributed by atoms with Crippen molar-refractivity contribution in [1.82, 2.24) is 19.9 Å². The maximum atomic E-state index is 14.2. The van der Waals surface area contributed by atoms with E-state index in [1.165, 1.54) is 6.07 Å². The molecule has 154 valence electrons. The molecule has 0 unspecified atom stereocenters. The lowest BCUT2D eigenvalue weighted by atomic mass is 10.0. The van der Waals surface area contributed by atoms with Crippen LogP contribution in [0.5, 0.6) is 0 Å². The number of rotatable bonds is 7. The van der Waals surface area contributed by atoms with Crippen molar-refractivity contribution in [3.8, 4) is 0 Å². The van der Waals surface area contributed by atoms with Gasteiger partial charge in [-0.2, -0.15) is 0 Å². The smallest absolute Gasteiger partial charge is 0.147 e. The lowest BCUT2D eigenvalue weighted by Gasteiger charge is -2.11. The summed E-state index contributed by atoms with van der Waals surface area (Å²) in [5, 5.41) is 7.67. The Hall–Kier alpha value is -3.48. The Kier molecular flexibility index (Phi) is 5.61. The van der Waals surface area contributed by atoms with E-state index in [1.807, 2.05) is 51.2 Å². The molecule has 1 aromatic carbocycles. The summed E-state index contributed by atoms with van der Waals surface area (Å²) in [6.07, 6.45) is 4.35. The molecule has 0 bridgehead atoms. The predicted molar refractivity (Wildman–Crippen MR) is 118 cm³/mol. The fourth-order valence-electron chi connectivity index (χ4n) is 3.72. The second kappa shape index (κ2) is 8.49. The zero-order valence-corrected chi connectivity index (χ0v) is 17.4. The lowest BCUT2D eigenvalue weighted by molar-refractivity contribution is 0.637. The molecule has 6 nitrogen and oxygen atoms in total. The van der Waals surface area contributed by atoms with Gasteiger partial charge in [0.1, 0.15) is 23.3 Å². The van der Waals surface area contributed by atoms with Crippen LogP contribution in [-0.4, -0.2) is 26.5 Å². The average Bonchev–Trinajstić information content (AvgIpc) is 3.07. The van der Waals surface area contributed by atoms with Crippen LogP contribution in [0.1, 0.15) is 28.2 Å². The van der Waals surface area contributed by atoms with Crippen molar-refractivity contribution >= 4 is 22.5 Å². The fraction of sp³-hybridized carbons (Fsp3) is 0.261. The third kappa shape index (κ3) is 4.25. The summed E-state index contributed by atoms with van der Waals surface area (Å²) < 4.78 is 14.2. The summed E-state index contributed by atoms with van der Waals surface area (Å²) >= 11 is 0. The predicted octanol–water partition coefficient (Wildman–Crippen LogP) is 4.68. The lowest BCUT2D eigenvalue weighted by Crippen LogP contribution is -2.10. The Morgan fingerprint density at radius 3 is 2.60 bits per heavy atom. The first kappa shape index (κ1) is 19.8. The first-order valence-corrected chi connectivity index (χ1v) is 10.00. The molecule has 0 saturated heterocycles. The van der Waals surface area contributed by atoms with Crippen LogP contribution in [0.4, 0.5) is 16.0 Å². The Balaban J connectivity index is 1.44. The summed E-state index contributed by atoms with van der Waals surface area (Å²) in [6.45, 7) is 7.20. The maximum Gasteiger partial charge on any atom is 0.147 e. The van der Waals surface area contributed by atoms with E-state index in [-0.39, 0.29) is 5.82 Å². The van der Waals surface area contributed by atoms with Crippen molar-refractivity contribution < 1.29 is 4.39 Å². The number of aromatic nitrogens is 4. The molecule has 4 aromatic rings.